The Morgan fingerprint density at radius 1 is 0.560 bits per heavy atom. The van der Waals surface area contributed by atoms with Gasteiger partial charge in [0.1, 0.15) is 11.9 Å². The lowest BCUT2D eigenvalue weighted by Crippen LogP contribution is -2.29. The Kier molecular flexibility index (Phi) is 41.4. The van der Waals surface area contributed by atoms with Crippen LogP contribution in [0.25, 0.3) is 0 Å². The molecule has 9 nitrogen and oxygen atoms in total. The zero-order chi connectivity index (χ0) is 68.7. The monoisotopic (exact) mass is 1400 g/mol. The van der Waals surface area contributed by atoms with Crippen LogP contribution in [0.1, 0.15) is 280 Å². The van der Waals surface area contributed by atoms with Gasteiger partial charge in [0.2, 0.25) is 0 Å². The lowest BCUT2D eigenvalue weighted by atomic mass is 9.87. The summed E-state index contributed by atoms with van der Waals surface area (Å²) < 4.78 is 42.6. The van der Waals surface area contributed by atoms with Crippen LogP contribution in [0.5, 0.6) is 0 Å². The molecule has 0 radical (unpaired) electrons. The van der Waals surface area contributed by atoms with E-state index < -0.39 is 7.53 Å². The van der Waals surface area contributed by atoms with Crippen molar-refractivity contribution in [3.05, 3.63) is 85.3 Å². The van der Waals surface area contributed by atoms with Crippen LogP contribution in [-0.4, -0.2) is 84.8 Å². The first kappa shape index (κ1) is 89.1. The highest BCUT2D eigenvalue weighted by Crippen LogP contribution is 2.98. The van der Waals surface area contributed by atoms with Crippen molar-refractivity contribution < 1.29 is 42.5 Å². The van der Waals surface area contributed by atoms with Crippen molar-refractivity contribution in [2.45, 2.75) is 353 Å². The first-order chi connectivity index (χ1) is 41.4. The van der Waals surface area contributed by atoms with Crippen LogP contribution in [0.15, 0.2) is 85.3 Å². The molecule has 6 aliphatic rings. The number of allylic oxidation sites excluding steroid dienone is 2. The molecule has 6 fully saturated rings. The molecule has 6 saturated heterocycles. The van der Waals surface area contributed by atoms with Crippen molar-refractivity contribution in [1.82, 2.24) is 0 Å². The van der Waals surface area contributed by atoms with Gasteiger partial charge in [0.05, 0.1) is 80.4 Å². The van der Waals surface area contributed by atoms with Crippen molar-refractivity contribution in [3.8, 4) is 0 Å². The molecule has 6 rings (SSSR count). The SMILES string of the molecule is C.C=C1CCC2O[C@@H](CCC(C)(C)C)C(=C)[C@@H]2O1.C=C1C[C@H](C(CC)OP(P(P)P)P(P)P)OC1CCC(C)(C)C.C=C1C[C@H](C=CC(C)=O)OC1CCC(C)(C)C.C=C1C[C@H](CCC(C)=O)OC1CCC(C)(C)C.C=C1C[C@H](CCCC)OC1CCC(C)(C)C. The molecule has 0 aliphatic carbocycles. The maximum Gasteiger partial charge on any atom is 0.152 e. The molecule has 6 aliphatic heterocycles. The van der Waals surface area contributed by atoms with Crippen LogP contribution >= 0.6 is 57.2 Å². The highest BCUT2D eigenvalue weighted by molar-refractivity contribution is 8.96. The Morgan fingerprint density at radius 2 is 0.967 bits per heavy atom. The minimum Gasteiger partial charge on any atom is -0.488 e. The Balaban J connectivity index is 0.000000571. The molecule has 0 N–H and O–H groups in total. The number of Topliss-reactive ketones (excluding diaryl/α,β-unsaturated/α-hetero) is 1. The van der Waals surface area contributed by atoms with Crippen LogP contribution in [0, 0.1) is 27.1 Å². The number of fused-ring (bicyclic) bond motifs is 1. The third-order valence-electron chi connectivity index (χ3n) is 17.0. The molecule has 6 heterocycles. The Morgan fingerprint density at radius 3 is 1.37 bits per heavy atom. The second-order valence-corrected chi connectivity index (χ2v) is 56.1. The highest BCUT2D eigenvalue weighted by Gasteiger charge is 2.43. The molecule has 16 atom stereocenters. The summed E-state index contributed by atoms with van der Waals surface area (Å²) in [5, 5.41) is 0. The molecule has 528 valence electrons. The Labute approximate surface area is 573 Å². The number of carbonyl (C=O) groups excluding carboxylic acids is 2. The number of unbranched alkanes of at least 4 members (excludes halogenated alkanes) is 1. The van der Waals surface area contributed by atoms with Crippen molar-refractivity contribution >= 4 is 68.8 Å². The Bertz CT molecular complexity index is 2270. The first-order valence-corrected chi connectivity index (χ1v) is 46.0. The van der Waals surface area contributed by atoms with Gasteiger partial charge >= 0.3 is 0 Å². The van der Waals surface area contributed by atoms with Gasteiger partial charge in [-0.15, -0.1) is 35.7 Å². The molecule has 10 unspecified atom stereocenters. The average Bonchev–Trinajstić information content (AvgIpc) is 1.73. The lowest BCUT2D eigenvalue weighted by Gasteiger charge is -2.31. The van der Waals surface area contributed by atoms with Crippen molar-refractivity contribution in [2.24, 2.45) is 27.1 Å². The van der Waals surface area contributed by atoms with Crippen molar-refractivity contribution in [1.29, 1.82) is 0 Å². The van der Waals surface area contributed by atoms with Crippen LogP contribution in [-0.2, 0) is 42.5 Å². The van der Waals surface area contributed by atoms with E-state index in [0.29, 0.717) is 45.7 Å². The fourth-order valence-corrected chi connectivity index (χ4v) is 44.4. The van der Waals surface area contributed by atoms with Crippen molar-refractivity contribution in [3.63, 3.8) is 0 Å². The van der Waals surface area contributed by atoms with E-state index in [1.165, 1.54) is 48.8 Å². The standard InChI is InChI=1S/C15H24O2.C15H26O2.C15H24O2.C15H28O.C14H33O2P7.CH4/c1-10-6-7-13-14(16-10)11(2)12(17-13)8-9-15(3,4)5;2*1-11-10-13(7-6-12(2)16)17-14(11)8-9-15(3,4)5;1-6-7-8-13-11-12(2)14(16-13)9-10-15(3,4)5;1-6-11(16-21(22(17)18)23(19)20)13-9-10(2)12(15-13)7-8-14(3,4)5;/h12-14H,1-2,6-9H2,3-5H3;13-14H,1,6-10H2,2-5H3;6-7,13-14H,1,8-10H2,2-5H3;13-14H,2,6-11H2,1,3-5H3;11-13H,2,6-9,17-20H2,1,3-5H3;1H4/t12-,13?,14-;3*13-,14?;11?,12?,13-;/m00001./s1. The fourth-order valence-electron chi connectivity index (χ4n) is 11.4. The molecule has 0 amide bonds. The normalized spacial score (nSPS) is 26.5. The molecule has 16 heteroatoms. The average molecular weight is 1400 g/mol. The van der Waals surface area contributed by atoms with Gasteiger partial charge in [-0.3, -0.25) is 4.79 Å². The third kappa shape index (κ3) is 38.3. The zero-order valence-electron chi connectivity index (χ0n) is 60.7. The van der Waals surface area contributed by atoms with Gasteiger partial charge in [-0.2, -0.15) is 0 Å². The molecular formula is C75H139O9P7. The van der Waals surface area contributed by atoms with E-state index in [1.807, 2.05) is 6.08 Å². The quantitative estimate of drug-likeness (QED) is 0.0531. The van der Waals surface area contributed by atoms with Gasteiger partial charge in [-0.25, -0.2) is 0 Å². The van der Waals surface area contributed by atoms with E-state index in [-0.39, 0.29) is 94.0 Å². The zero-order valence-corrected chi connectivity index (χ0v) is 68.0. The molecule has 0 spiro atoms. The van der Waals surface area contributed by atoms with Crippen molar-refractivity contribution in [2.75, 3.05) is 0 Å². The summed E-state index contributed by atoms with van der Waals surface area (Å²) in [6.45, 7) is 65.8. The topological polar surface area (TPSA) is 98.8 Å². The van der Waals surface area contributed by atoms with Gasteiger partial charge in [-0.05, 0) is 198 Å². The van der Waals surface area contributed by atoms with E-state index in [0.717, 1.165) is 120 Å². The molecule has 0 bridgehead atoms. The number of ether oxygens (including phenoxy) is 6. The molecular weight excluding hydrogens is 1260 g/mol. The number of carbonyl (C=O) groups is 2. The number of rotatable bonds is 24. The van der Waals surface area contributed by atoms with Crippen LogP contribution in [0.2, 0.25) is 0 Å². The summed E-state index contributed by atoms with van der Waals surface area (Å²) in [6, 6.07) is 0. The predicted octanol–water partition coefficient (Wildman–Crippen LogP) is 24.4. The summed E-state index contributed by atoms with van der Waals surface area (Å²) in [5.41, 5.74) is 7.84. The minimum absolute atomic E-state index is 0. The number of ketones is 2. The summed E-state index contributed by atoms with van der Waals surface area (Å²) in [7, 11) is 11.3. The van der Waals surface area contributed by atoms with E-state index >= 15 is 0 Å². The molecule has 0 aromatic rings. The van der Waals surface area contributed by atoms with Crippen LogP contribution in [0.4, 0.5) is 0 Å². The lowest BCUT2D eigenvalue weighted by molar-refractivity contribution is -0.117. The largest absolute Gasteiger partial charge is 0.488 e. The highest BCUT2D eigenvalue weighted by atomic mass is 33.0. The fraction of sp³-hybridized carbons (Fsp3) is 0.787. The smallest absolute Gasteiger partial charge is 0.152 e. The molecule has 91 heavy (non-hydrogen) atoms. The molecule has 0 aromatic heterocycles. The summed E-state index contributed by atoms with van der Waals surface area (Å²) >= 11 is 0. The second-order valence-electron chi connectivity index (χ2n) is 32.5. The van der Waals surface area contributed by atoms with Gasteiger partial charge < -0.3 is 37.7 Å². The minimum atomic E-state index is -0.423. The molecule has 0 aromatic carbocycles. The first-order valence-electron chi connectivity index (χ1n) is 34.1. The van der Waals surface area contributed by atoms with Gasteiger partial charge in [-0.1, -0.05) is 184 Å². The number of hydrogen-bond donors (Lipinski definition) is 0. The van der Waals surface area contributed by atoms with Gasteiger partial charge in [0.25, 0.3) is 0 Å². The van der Waals surface area contributed by atoms with Crippen LogP contribution in [0.3, 0.4) is 0 Å². The van der Waals surface area contributed by atoms with Crippen LogP contribution < -0.4 is 0 Å². The van der Waals surface area contributed by atoms with Gasteiger partial charge in [0, 0.05) is 19.3 Å². The Hall–Kier alpha value is 0.0900. The third-order valence-corrected chi connectivity index (χ3v) is 39.5. The summed E-state index contributed by atoms with van der Waals surface area (Å²) in [6.07, 6.45) is 29.0. The molecule has 0 saturated carbocycles. The summed E-state index contributed by atoms with van der Waals surface area (Å²) in [5.74, 6) is 1.20. The predicted molar refractivity (Wildman–Crippen MR) is 415 cm³/mol. The maximum absolute atomic E-state index is 10.9. The van der Waals surface area contributed by atoms with E-state index in [4.69, 9.17) is 32.9 Å². The second kappa shape index (κ2) is 42.3. The maximum atomic E-state index is 10.9. The number of hydrogen-bond acceptors (Lipinski definition) is 9. The van der Waals surface area contributed by atoms with Gasteiger partial charge in [0.15, 0.2) is 5.78 Å². The summed E-state index contributed by atoms with van der Waals surface area (Å²) in [4.78, 5) is 21.8. The van der Waals surface area contributed by atoms with E-state index in [9.17, 15) is 9.59 Å². The van der Waals surface area contributed by atoms with E-state index in [2.05, 4.69) is 193 Å². The van der Waals surface area contributed by atoms with E-state index in [1.54, 1.807) is 19.9 Å².